The predicted octanol–water partition coefficient (Wildman–Crippen LogP) is 5.04. The second-order valence-corrected chi connectivity index (χ2v) is 8.60. The van der Waals surface area contributed by atoms with E-state index in [1.807, 2.05) is 0 Å². The standard InChI is InChI=1S/C26H27F3N4O3/c1-15-10-20(27)22(30-7-5-23(28)29)14-19(15)18-11-21(32-25(13-18)36-9-8-34)17-4-6-31-24(12-17)33-26(35)16-2-3-16/h4,6,10-14,16,23,30,34H,2-3,5,7-9H2,1H3,(H,31,33,35). The van der Waals surface area contributed by atoms with Crippen LogP contribution >= 0.6 is 0 Å². The van der Waals surface area contributed by atoms with Crippen molar-refractivity contribution in [3.05, 3.63) is 54.0 Å². The molecule has 10 heteroatoms. The van der Waals surface area contributed by atoms with Crippen LogP contribution in [0.5, 0.6) is 5.88 Å². The number of amides is 1. The molecule has 1 saturated carbocycles. The number of aromatic nitrogens is 2. The molecule has 0 saturated heterocycles. The number of carbonyl (C=O) groups excluding carboxylic acids is 1. The van der Waals surface area contributed by atoms with Crippen molar-refractivity contribution in [1.29, 1.82) is 0 Å². The van der Waals surface area contributed by atoms with Crippen molar-refractivity contribution in [2.24, 2.45) is 5.92 Å². The highest BCUT2D eigenvalue weighted by Gasteiger charge is 2.29. The average Bonchev–Trinajstić information content (AvgIpc) is 3.70. The Balaban J connectivity index is 1.70. The Labute approximate surface area is 206 Å². The summed E-state index contributed by atoms with van der Waals surface area (Å²) < 4.78 is 45.2. The minimum Gasteiger partial charge on any atom is -0.475 e. The lowest BCUT2D eigenvalue weighted by Crippen LogP contribution is -2.14. The molecular formula is C26H27F3N4O3. The molecule has 3 aromatic rings. The van der Waals surface area contributed by atoms with Gasteiger partial charge in [-0.1, -0.05) is 0 Å². The fraction of sp³-hybridized carbons (Fsp3) is 0.346. The van der Waals surface area contributed by atoms with Gasteiger partial charge in [-0.3, -0.25) is 4.79 Å². The molecule has 2 heterocycles. The Morgan fingerprint density at radius 1 is 1.19 bits per heavy atom. The summed E-state index contributed by atoms with van der Waals surface area (Å²) in [6.45, 7) is 1.49. The van der Waals surface area contributed by atoms with E-state index in [-0.39, 0.29) is 43.2 Å². The summed E-state index contributed by atoms with van der Waals surface area (Å²) in [6.07, 6.45) is 0.420. The molecule has 0 unspecified atom stereocenters. The lowest BCUT2D eigenvalue weighted by atomic mass is 9.98. The number of nitrogens with one attached hydrogen (secondary N) is 2. The average molecular weight is 501 g/mol. The Kier molecular flexibility index (Phi) is 8.04. The van der Waals surface area contributed by atoms with Crippen molar-refractivity contribution in [3.63, 3.8) is 0 Å². The number of benzene rings is 1. The summed E-state index contributed by atoms with van der Waals surface area (Å²) in [5.41, 5.74) is 3.24. The number of aliphatic hydroxyl groups is 1. The molecule has 1 aliphatic rings. The Hall–Kier alpha value is -3.66. The minimum absolute atomic E-state index is 0.0256. The molecule has 36 heavy (non-hydrogen) atoms. The van der Waals surface area contributed by atoms with Crippen molar-refractivity contribution in [3.8, 4) is 28.3 Å². The number of hydrogen-bond donors (Lipinski definition) is 3. The van der Waals surface area contributed by atoms with E-state index >= 15 is 0 Å². The molecule has 3 N–H and O–H groups in total. The lowest BCUT2D eigenvalue weighted by molar-refractivity contribution is -0.117. The third-order valence-corrected chi connectivity index (χ3v) is 5.70. The fourth-order valence-electron chi connectivity index (χ4n) is 3.70. The highest BCUT2D eigenvalue weighted by atomic mass is 19.3. The van der Waals surface area contributed by atoms with E-state index in [1.54, 1.807) is 43.5 Å². The summed E-state index contributed by atoms with van der Waals surface area (Å²) >= 11 is 0. The second kappa shape index (κ2) is 11.4. The maximum absolute atomic E-state index is 14.5. The van der Waals surface area contributed by atoms with E-state index in [1.165, 1.54) is 6.07 Å². The number of nitrogens with zero attached hydrogens (tertiary/aromatic N) is 2. The zero-order valence-electron chi connectivity index (χ0n) is 19.7. The van der Waals surface area contributed by atoms with Gasteiger partial charge < -0.3 is 20.5 Å². The van der Waals surface area contributed by atoms with Crippen molar-refractivity contribution < 1.29 is 27.8 Å². The van der Waals surface area contributed by atoms with E-state index in [9.17, 15) is 23.1 Å². The van der Waals surface area contributed by atoms with Gasteiger partial charge in [0.1, 0.15) is 18.2 Å². The van der Waals surface area contributed by atoms with Crippen LogP contribution < -0.4 is 15.4 Å². The number of aliphatic hydroxyl groups excluding tert-OH is 1. The molecule has 0 spiro atoms. The molecule has 1 fully saturated rings. The highest BCUT2D eigenvalue weighted by molar-refractivity contribution is 5.93. The van der Waals surface area contributed by atoms with Gasteiger partial charge in [0.15, 0.2) is 0 Å². The van der Waals surface area contributed by atoms with Gasteiger partial charge >= 0.3 is 0 Å². The van der Waals surface area contributed by atoms with Crippen molar-refractivity contribution in [2.45, 2.75) is 32.6 Å². The quantitative estimate of drug-likeness (QED) is 0.341. The lowest BCUT2D eigenvalue weighted by Gasteiger charge is -2.15. The van der Waals surface area contributed by atoms with Gasteiger partial charge in [0.2, 0.25) is 18.2 Å². The monoisotopic (exact) mass is 500 g/mol. The van der Waals surface area contributed by atoms with Gasteiger partial charge in [-0.15, -0.1) is 0 Å². The van der Waals surface area contributed by atoms with Crippen LogP contribution in [-0.4, -0.2) is 47.2 Å². The summed E-state index contributed by atoms with van der Waals surface area (Å²) in [5, 5.41) is 14.7. The Morgan fingerprint density at radius 2 is 2.00 bits per heavy atom. The Morgan fingerprint density at radius 3 is 2.72 bits per heavy atom. The van der Waals surface area contributed by atoms with Gasteiger partial charge in [0.05, 0.1) is 18.0 Å². The molecule has 7 nitrogen and oxygen atoms in total. The number of hydrogen-bond acceptors (Lipinski definition) is 6. The number of anilines is 2. The second-order valence-electron chi connectivity index (χ2n) is 8.60. The van der Waals surface area contributed by atoms with Gasteiger partial charge in [-0.05, 0) is 66.8 Å². The molecule has 0 bridgehead atoms. The van der Waals surface area contributed by atoms with Crippen LogP contribution in [0.3, 0.4) is 0 Å². The molecule has 4 rings (SSSR count). The van der Waals surface area contributed by atoms with E-state index in [2.05, 4.69) is 20.6 Å². The molecule has 1 aromatic carbocycles. The van der Waals surface area contributed by atoms with Crippen LogP contribution in [0.1, 0.15) is 24.8 Å². The van der Waals surface area contributed by atoms with Crippen molar-refractivity contribution >= 4 is 17.4 Å². The SMILES string of the molecule is Cc1cc(F)c(NCCC(F)F)cc1-c1cc(OCCO)nc(-c2ccnc(NC(=O)C3CC3)c2)c1. The van der Waals surface area contributed by atoms with Crippen LogP contribution in [0.25, 0.3) is 22.4 Å². The number of pyridine rings is 2. The molecule has 2 aromatic heterocycles. The van der Waals surface area contributed by atoms with Gasteiger partial charge in [-0.2, -0.15) is 0 Å². The molecule has 0 aliphatic heterocycles. The number of ether oxygens (including phenoxy) is 1. The first-order valence-electron chi connectivity index (χ1n) is 11.7. The van der Waals surface area contributed by atoms with E-state index in [0.717, 1.165) is 12.8 Å². The first-order chi connectivity index (χ1) is 17.3. The minimum atomic E-state index is -2.49. The van der Waals surface area contributed by atoms with E-state index < -0.39 is 18.7 Å². The van der Waals surface area contributed by atoms with Crippen LogP contribution in [0.15, 0.2) is 42.6 Å². The number of carbonyl (C=O) groups is 1. The first kappa shape index (κ1) is 25.4. The van der Waals surface area contributed by atoms with Crippen molar-refractivity contribution in [2.75, 3.05) is 30.4 Å². The molecule has 190 valence electrons. The van der Waals surface area contributed by atoms with Crippen LogP contribution in [0.4, 0.5) is 24.7 Å². The first-order valence-corrected chi connectivity index (χ1v) is 11.7. The smallest absolute Gasteiger partial charge is 0.240 e. The zero-order chi connectivity index (χ0) is 25.7. The van der Waals surface area contributed by atoms with Crippen LogP contribution in [0, 0.1) is 18.7 Å². The predicted molar refractivity (Wildman–Crippen MR) is 131 cm³/mol. The fourth-order valence-corrected chi connectivity index (χ4v) is 3.70. The number of aryl methyl sites for hydroxylation is 1. The molecule has 1 aliphatic carbocycles. The topological polar surface area (TPSA) is 96.4 Å². The molecular weight excluding hydrogens is 473 g/mol. The Bertz CT molecular complexity index is 1240. The zero-order valence-corrected chi connectivity index (χ0v) is 19.7. The van der Waals surface area contributed by atoms with E-state index in [4.69, 9.17) is 4.74 Å². The van der Waals surface area contributed by atoms with Crippen LogP contribution in [0.2, 0.25) is 0 Å². The number of alkyl halides is 2. The maximum atomic E-state index is 14.5. The molecule has 0 radical (unpaired) electrons. The van der Waals surface area contributed by atoms with Crippen molar-refractivity contribution in [1.82, 2.24) is 9.97 Å². The summed E-state index contributed by atoms with van der Waals surface area (Å²) in [5.74, 6) is 0.0648. The number of halogens is 3. The van der Waals surface area contributed by atoms with Crippen LogP contribution in [-0.2, 0) is 4.79 Å². The third-order valence-electron chi connectivity index (χ3n) is 5.70. The maximum Gasteiger partial charge on any atom is 0.240 e. The summed E-state index contributed by atoms with van der Waals surface area (Å²) in [7, 11) is 0. The van der Waals surface area contributed by atoms with Gasteiger partial charge in [-0.25, -0.2) is 23.1 Å². The van der Waals surface area contributed by atoms with Gasteiger partial charge in [0, 0.05) is 36.7 Å². The number of rotatable bonds is 11. The molecule has 0 atom stereocenters. The highest BCUT2D eigenvalue weighted by Crippen LogP contribution is 2.34. The van der Waals surface area contributed by atoms with E-state index in [0.29, 0.717) is 33.8 Å². The summed E-state index contributed by atoms with van der Waals surface area (Å²) in [4.78, 5) is 20.9. The largest absolute Gasteiger partial charge is 0.475 e. The third kappa shape index (κ3) is 6.51. The normalized spacial score (nSPS) is 13.1. The van der Waals surface area contributed by atoms with Gasteiger partial charge in [0.25, 0.3) is 0 Å². The summed E-state index contributed by atoms with van der Waals surface area (Å²) in [6, 6.07) is 9.81. The molecule has 1 amide bonds.